The summed E-state index contributed by atoms with van der Waals surface area (Å²) >= 11 is 0. The lowest BCUT2D eigenvalue weighted by Gasteiger charge is -2.28. The van der Waals surface area contributed by atoms with E-state index in [-0.39, 0.29) is 12.6 Å². The van der Waals surface area contributed by atoms with Crippen molar-refractivity contribution in [2.24, 2.45) is 0 Å². The second-order valence-electron chi connectivity index (χ2n) is 5.77. The molecule has 0 saturated heterocycles. The summed E-state index contributed by atoms with van der Waals surface area (Å²) in [6.45, 7) is 2.77. The molecule has 3 nitrogen and oxygen atoms in total. The minimum Gasteiger partial charge on any atom is -0.464 e. The Morgan fingerprint density at radius 1 is 1.04 bits per heavy atom. The molecule has 23 heavy (non-hydrogen) atoms. The molecule has 2 aromatic carbocycles. The van der Waals surface area contributed by atoms with Gasteiger partial charge in [0, 0.05) is 12.5 Å². The topological polar surface area (TPSA) is 35.5 Å². The maximum Gasteiger partial charge on any atom is 0.332 e. The second kappa shape index (κ2) is 7.42. The molecule has 0 fully saturated rings. The van der Waals surface area contributed by atoms with E-state index < -0.39 is 0 Å². The molecule has 0 N–H and O–H groups in total. The first kappa shape index (κ1) is 15.8. The van der Waals surface area contributed by atoms with Crippen molar-refractivity contribution in [2.45, 2.75) is 25.7 Å². The summed E-state index contributed by atoms with van der Waals surface area (Å²) in [4.78, 5) is 11.3. The number of esters is 1. The minimum atomic E-state index is -0.294. The standard InChI is InChI=1S/C20H22O3/c1-2-23-20(21)14-22-12-11-19-17-9-5-3-7-15(17)13-16-8-4-6-10-18(16)19/h3-10,19H,2,11-14H2,1H3. The van der Waals surface area contributed by atoms with Crippen LogP contribution in [-0.2, 0) is 20.7 Å². The van der Waals surface area contributed by atoms with E-state index >= 15 is 0 Å². The molecule has 2 aromatic rings. The Labute approximate surface area is 137 Å². The highest BCUT2D eigenvalue weighted by Gasteiger charge is 2.24. The summed E-state index contributed by atoms with van der Waals surface area (Å²) < 4.78 is 10.4. The Kier molecular flexibility index (Phi) is 5.09. The molecule has 0 saturated carbocycles. The summed E-state index contributed by atoms with van der Waals surface area (Å²) in [6, 6.07) is 17.2. The van der Waals surface area contributed by atoms with Gasteiger partial charge < -0.3 is 9.47 Å². The third kappa shape index (κ3) is 3.62. The zero-order valence-corrected chi connectivity index (χ0v) is 13.5. The van der Waals surface area contributed by atoms with Crippen LogP contribution in [0, 0.1) is 0 Å². The van der Waals surface area contributed by atoms with Crippen LogP contribution in [0.1, 0.15) is 41.5 Å². The fourth-order valence-corrected chi connectivity index (χ4v) is 3.31. The first-order valence-electron chi connectivity index (χ1n) is 8.18. The Morgan fingerprint density at radius 2 is 1.65 bits per heavy atom. The van der Waals surface area contributed by atoms with E-state index in [0.717, 1.165) is 12.8 Å². The Bertz CT molecular complexity index is 633. The molecule has 0 spiro atoms. The third-order valence-electron chi connectivity index (χ3n) is 4.32. The van der Waals surface area contributed by atoms with E-state index in [0.29, 0.717) is 19.1 Å². The Balaban J connectivity index is 1.70. The van der Waals surface area contributed by atoms with Gasteiger partial charge >= 0.3 is 5.97 Å². The molecular formula is C20H22O3. The van der Waals surface area contributed by atoms with E-state index in [1.54, 1.807) is 6.92 Å². The van der Waals surface area contributed by atoms with E-state index in [2.05, 4.69) is 48.5 Å². The van der Waals surface area contributed by atoms with Gasteiger partial charge in [-0.25, -0.2) is 4.79 Å². The number of carbonyl (C=O) groups is 1. The van der Waals surface area contributed by atoms with Gasteiger partial charge in [0.05, 0.1) is 6.61 Å². The van der Waals surface area contributed by atoms with Gasteiger partial charge in [0.1, 0.15) is 6.61 Å². The number of ether oxygens (including phenoxy) is 2. The zero-order valence-electron chi connectivity index (χ0n) is 13.5. The average molecular weight is 310 g/mol. The number of rotatable bonds is 6. The predicted octanol–water partition coefficient (Wildman–Crippen LogP) is 3.69. The van der Waals surface area contributed by atoms with Gasteiger partial charge in [-0.2, -0.15) is 0 Å². The quantitative estimate of drug-likeness (QED) is 0.603. The monoisotopic (exact) mass is 310 g/mol. The highest BCUT2D eigenvalue weighted by Crippen LogP contribution is 2.38. The van der Waals surface area contributed by atoms with Crippen LogP contribution in [0.5, 0.6) is 0 Å². The predicted molar refractivity (Wildman–Crippen MR) is 89.6 cm³/mol. The molecule has 0 heterocycles. The highest BCUT2D eigenvalue weighted by atomic mass is 16.6. The van der Waals surface area contributed by atoms with E-state index in [1.807, 2.05) is 0 Å². The van der Waals surface area contributed by atoms with Crippen molar-refractivity contribution in [3.63, 3.8) is 0 Å². The number of carbonyl (C=O) groups excluding carboxylic acids is 1. The molecule has 3 rings (SSSR count). The van der Waals surface area contributed by atoms with Gasteiger partial charge in [0.15, 0.2) is 0 Å². The lowest BCUT2D eigenvalue weighted by atomic mass is 9.77. The molecule has 1 aliphatic rings. The fraction of sp³-hybridized carbons (Fsp3) is 0.350. The van der Waals surface area contributed by atoms with Gasteiger partial charge in [-0.1, -0.05) is 48.5 Å². The molecule has 0 aromatic heterocycles. The highest BCUT2D eigenvalue weighted by molar-refractivity contribution is 5.70. The van der Waals surface area contributed by atoms with Crippen LogP contribution < -0.4 is 0 Å². The number of benzene rings is 2. The van der Waals surface area contributed by atoms with Gasteiger partial charge in [-0.15, -0.1) is 0 Å². The van der Waals surface area contributed by atoms with Crippen molar-refractivity contribution >= 4 is 5.97 Å². The maximum absolute atomic E-state index is 11.3. The third-order valence-corrected chi connectivity index (χ3v) is 4.32. The molecule has 0 amide bonds. The van der Waals surface area contributed by atoms with Crippen molar-refractivity contribution < 1.29 is 14.3 Å². The maximum atomic E-state index is 11.3. The number of hydrogen-bond acceptors (Lipinski definition) is 3. The summed E-state index contributed by atoms with van der Waals surface area (Å²) in [5.41, 5.74) is 5.54. The molecule has 0 aliphatic heterocycles. The van der Waals surface area contributed by atoms with Crippen LogP contribution in [0.15, 0.2) is 48.5 Å². The number of fused-ring (bicyclic) bond motifs is 2. The average Bonchev–Trinajstić information content (AvgIpc) is 2.58. The van der Waals surface area contributed by atoms with Crippen molar-refractivity contribution in [1.82, 2.24) is 0 Å². The van der Waals surface area contributed by atoms with Crippen molar-refractivity contribution in [2.75, 3.05) is 19.8 Å². The van der Waals surface area contributed by atoms with Gasteiger partial charge in [0.2, 0.25) is 0 Å². The fourth-order valence-electron chi connectivity index (χ4n) is 3.31. The minimum absolute atomic E-state index is 0.0316. The lowest BCUT2D eigenvalue weighted by Crippen LogP contribution is -2.17. The Hall–Kier alpha value is -2.13. The van der Waals surface area contributed by atoms with Gasteiger partial charge in [0.25, 0.3) is 0 Å². The van der Waals surface area contributed by atoms with Crippen LogP contribution in [0.2, 0.25) is 0 Å². The summed E-state index contributed by atoms with van der Waals surface area (Å²) in [5, 5.41) is 0. The molecule has 0 radical (unpaired) electrons. The van der Waals surface area contributed by atoms with Crippen LogP contribution in [0.25, 0.3) is 0 Å². The van der Waals surface area contributed by atoms with E-state index in [1.165, 1.54) is 22.3 Å². The summed E-state index contributed by atoms with van der Waals surface area (Å²) in [6.07, 6.45) is 1.86. The smallest absolute Gasteiger partial charge is 0.332 e. The molecule has 0 unspecified atom stereocenters. The normalized spacial score (nSPS) is 13.3. The van der Waals surface area contributed by atoms with Crippen LogP contribution in [-0.4, -0.2) is 25.8 Å². The first-order valence-corrected chi connectivity index (χ1v) is 8.18. The molecular weight excluding hydrogens is 288 g/mol. The van der Waals surface area contributed by atoms with Crippen molar-refractivity contribution in [3.8, 4) is 0 Å². The molecule has 3 heteroatoms. The van der Waals surface area contributed by atoms with E-state index in [9.17, 15) is 4.79 Å². The van der Waals surface area contributed by atoms with E-state index in [4.69, 9.17) is 9.47 Å². The molecule has 0 atom stereocenters. The van der Waals surface area contributed by atoms with Crippen molar-refractivity contribution in [1.29, 1.82) is 0 Å². The summed E-state index contributed by atoms with van der Waals surface area (Å²) in [5.74, 6) is 0.0373. The van der Waals surface area contributed by atoms with Crippen molar-refractivity contribution in [3.05, 3.63) is 70.8 Å². The molecule has 120 valence electrons. The first-order chi connectivity index (χ1) is 11.3. The lowest BCUT2D eigenvalue weighted by molar-refractivity contribution is -0.148. The molecule has 1 aliphatic carbocycles. The second-order valence-corrected chi connectivity index (χ2v) is 5.77. The SMILES string of the molecule is CCOC(=O)COCCC1c2ccccc2Cc2ccccc21. The summed E-state index contributed by atoms with van der Waals surface area (Å²) in [7, 11) is 0. The Morgan fingerprint density at radius 3 is 2.26 bits per heavy atom. The van der Waals surface area contributed by atoms with Gasteiger partial charge in [-0.3, -0.25) is 0 Å². The van der Waals surface area contributed by atoms with Crippen LogP contribution in [0.3, 0.4) is 0 Å². The largest absolute Gasteiger partial charge is 0.464 e. The number of hydrogen-bond donors (Lipinski definition) is 0. The van der Waals surface area contributed by atoms with Crippen LogP contribution >= 0.6 is 0 Å². The zero-order chi connectivity index (χ0) is 16.1. The van der Waals surface area contributed by atoms with Crippen LogP contribution in [0.4, 0.5) is 0 Å². The van der Waals surface area contributed by atoms with Gasteiger partial charge in [-0.05, 0) is 42.0 Å². The molecule has 0 bridgehead atoms.